The zero-order chi connectivity index (χ0) is 18.2. The fourth-order valence-corrected chi connectivity index (χ4v) is 4.04. The maximum Gasteiger partial charge on any atom is 0.243 e. The summed E-state index contributed by atoms with van der Waals surface area (Å²) in [5.74, 6) is 2.16. The van der Waals surface area contributed by atoms with Crippen molar-refractivity contribution in [1.82, 2.24) is 15.2 Å². The van der Waals surface area contributed by atoms with Gasteiger partial charge < -0.3 is 10.4 Å². The van der Waals surface area contributed by atoms with E-state index in [1.54, 1.807) is 18.0 Å². The zero-order valence-electron chi connectivity index (χ0n) is 15.4. The Kier molecular flexibility index (Phi) is 7.26. The lowest BCUT2D eigenvalue weighted by Gasteiger charge is -2.22. The highest BCUT2D eigenvalue weighted by molar-refractivity contribution is 7.98. The molecule has 2 N–H and O–H groups in total. The Morgan fingerprint density at radius 1 is 1.19 bits per heavy atom. The molecule has 0 radical (unpaired) electrons. The van der Waals surface area contributed by atoms with Gasteiger partial charge in [0.05, 0.1) is 24.5 Å². The molecule has 0 amide bonds. The van der Waals surface area contributed by atoms with Gasteiger partial charge in [-0.3, -0.25) is 0 Å². The van der Waals surface area contributed by atoms with Crippen LogP contribution in [0, 0.1) is 0 Å². The van der Waals surface area contributed by atoms with Gasteiger partial charge in [-0.1, -0.05) is 43.5 Å². The fourth-order valence-electron chi connectivity index (χ4n) is 3.52. The number of benzene rings is 1. The van der Waals surface area contributed by atoms with E-state index in [1.807, 2.05) is 0 Å². The Labute approximate surface area is 160 Å². The van der Waals surface area contributed by atoms with E-state index in [0.717, 1.165) is 23.4 Å². The van der Waals surface area contributed by atoms with E-state index in [9.17, 15) is 5.11 Å². The van der Waals surface area contributed by atoms with Crippen LogP contribution in [-0.2, 0) is 0 Å². The van der Waals surface area contributed by atoms with Crippen LogP contribution >= 0.6 is 11.8 Å². The Morgan fingerprint density at radius 3 is 2.65 bits per heavy atom. The van der Waals surface area contributed by atoms with Gasteiger partial charge in [0.15, 0.2) is 0 Å². The van der Waals surface area contributed by atoms with Crippen molar-refractivity contribution in [3.8, 4) is 11.3 Å². The summed E-state index contributed by atoms with van der Waals surface area (Å²) in [4.78, 5) is 4.58. The number of nitrogens with one attached hydrogen (secondary N) is 1. The Hall–Kier alpha value is -1.66. The summed E-state index contributed by atoms with van der Waals surface area (Å²) in [5, 5.41) is 20.8. The van der Waals surface area contributed by atoms with E-state index < -0.39 is 0 Å². The Bertz CT molecular complexity index is 674. The van der Waals surface area contributed by atoms with E-state index in [1.165, 1.54) is 37.7 Å². The van der Waals surface area contributed by atoms with Crippen molar-refractivity contribution in [3.63, 3.8) is 0 Å². The lowest BCUT2D eigenvalue weighted by atomic mass is 9.84. The molecule has 5 nitrogen and oxygen atoms in total. The lowest BCUT2D eigenvalue weighted by Crippen LogP contribution is -2.26. The second-order valence-electron chi connectivity index (χ2n) is 6.93. The number of aliphatic hydroxyl groups excluding tert-OH is 1. The van der Waals surface area contributed by atoms with E-state index >= 15 is 0 Å². The maximum atomic E-state index is 9.51. The summed E-state index contributed by atoms with van der Waals surface area (Å²) < 4.78 is 0. The predicted molar refractivity (Wildman–Crippen MR) is 109 cm³/mol. The summed E-state index contributed by atoms with van der Waals surface area (Å²) in [6.45, 7) is 0.0598. The second-order valence-corrected chi connectivity index (χ2v) is 7.91. The van der Waals surface area contributed by atoms with Crippen molar-refractivity contribution in [2.45, 2.75) is 50.5 Å². The first kappa shape index (κ1) is 19.1. The van der Waals surface area contributed by atoms with Crippen LogP contribution in [0.3, 0.4) is 0 Å². The number of nitrogens with zero attached hydrogens (tertiary/aromatic N) is 3. The molecule has 6 heteroatoms. The third-order valence-electron chi connectivity index (χ3n) is 5.07. The molecule has 1 aromatic heterocycles. The number of thioether (sulfide) groups is 1. The van der Waals surface area contributed by atoms with E-state index in [-0.39, 0.29) is 12.6 Å². The van der Waals surface area contributed by atoms with Gasteiger partial charge in [-0.15, -0.1) is 5.10 Å². The van der Waals surface area contributed by atoms with Crippen LogP contribution in [0.25, 0.3) is 11.3 Å². The first-order valence-electron chi connectivity index (χ1n) is 9.46. The Balaban J connectivity index is 1.69. The van der Waals surface area contributed by atoms with Crippen LogP contribution in [0.1, 0.15) is 50.0 Å². The van der Waals surface area contributed by atoms with Gasteiger partial charge in [-0.2, -0.15) is 16.9 Å². The van der Waals surface area contributed by atoms with E-state index in [4.69, 9.17) is 0 Å². The van der Waals surface area contributed by atoms with Crippen LogP contribution in [0.15, 0.2) is 30.5 Å². The molecule has 1 aromatic carbocycles. The molecule has 0 bridgehead atoms. The molecule has 3 rings (SSSR count). The van der Waals surface area contributed by atoms with Gasteiger partial charge in [0.2, 0.25) is 5.95 Å². The molecular formula is C20H28N4OS. The number of anilines is 1. The Morgan fingerprint density at radius 2 is 1.96 bits per heavy atom. The molecule has 0 spiro atoms. The number of hydrogen-bond acceptors (Lipinski definition) is 6. The molecule has 1 heterocycles. The molecule has 1 saturated carbocycles. The molecule has 140 valence electrons. The smallest absolute Gasteiger partial charge is 0.243 e. The van der Waals surface area contributed by atoms with Gasteiger partial charge in [-0.05, 0) is 42.8 Å². The van der Waals surface area contributed by atoms with Crippen molar-refractivity contribution in [1.29, 1.82) is 0 Å². The minimum absolute atomic E-state index is 0.0480. The average Bonchev–Trinajstić information content (AvgIpc) is 2.72. The third-order valence-corrected chi connectivity index (χ3v) is 5.71. The van der Waals surface area contributed by atoms with Gasteiger partial charge in [0, 0.05) is 5.56 Å². The highest BCUT2D eigenvalue weighted by Gasteiger charge is 2.15. The molecule has 1 atom stereocenters. The fraction of sp³-hybridized carbons (Fsp3) is 0.550. The minimum atomic E-state index is -0.0480. The summed E-state index contributed by atoms with van der Waals surface area (Å²) in [7, 11) is 0. The molecule has 0 unspecified atom stereocenters. The first-order chi connectivity index (χ1) is 12.8. The molecular weight excluding hydrogens is 344 g/mol. The van der Waals surface area contributed by atoms with Crippen LogP contribution in [0.4, 0.5) is 5.95 Å². The lowest BCUT2D eigenvalue weighted by molar-refractivity contribution is 0.272. The summed E-state index contributed by atoms with van der Waals surface area (Å²) in [6, 6.07) is 8.68. The molecule has 26 heavy (non-hydrogen) atoms. The molecule has 1 aliphatic rings. The zero-order valence-corrected chi connectivity index (χ0v) is 16.2. The van der Waals surface area contributed by atoms with Crippen LogP contribution < -0.4 is 5.32 Å². The quantitative estimate of drug-likeness (QED) is 0.726. The van der Waals surface area contributed by atoms with Crippen molar-refractivity contribution in [2.75, 3.05) is 23.9 Å². The topological polar surface area (TPSA) is 70.9 Å². The number of rotatable bonds is 8. The van der Waals surface area contributed by atoms with Crippen molar-refractivity contribution < 1.29 is 5.11 Å². The largest absolute Gasteiger partial charge is 0.394 e. The minimum Gasteiger partial charge on any atom is -0.394 e. The van der Waals surface area contributed by atoms with Crippen molar-refractivity contribution >= 4 is 17.7 Å². The van der Waals surface area contributed by atoms with Crippen LogP contribution in [-0.4, -0.2) is 44.9 Å². The summed E-state index contributed by atoms with van der Waals surface area (Å²) >= 11 is 1.76. The third kappa shape index (κ3) is 5.17. The van der Waals surface area contributed by atoms with Crippen LogP contribution in [0.2, 0.25) is 0 Å². The van der Waals surface area contributed by atoms with E-state index in [0.29, 0.717) is 11.9 Å². The molecule has 2 aromatic rings. The molecule has 0 aliphatic heterocycles. The predicted octanol–water partition coefficient (Wildman–Crippen LogP) is 4.11. The van der Waals surface area contributed by atoms with E-state index in [2.05, 4.69) is 51.0 Å². The first-order valence-corrected chi connectivity index (χ1v) is 10.9. The van der Waals surface area contributed by atoms with Crippen molar-refractivity contribution in [3.05, 3.63) is 36.0 Å². The highest BCUT2D eigenvalue weighted by Crippen LogP contribution is 2.33. The molecule has 1 fully saturated rings. The van der Waals surface area contributed by atoms with Gasteiger partial charge >= 0.3 is 0 Å². The second kappa shape index (κ2) is 9.88. The standard InChI is InChI=1S/C20H28N4OS/c1-26-12-11-18(14-25)22-20-23-19(13-21-24-20)17-9-7-16(8-10-17)15-5-3-2-4-6-15/h7-10,13,15,18,25H,2-6,11-12,14H2,1H3,(H,22,23,24)/t18-/m0/s1. The summed E-state index contributed by atoms with van der Waals surface area (Å²) in [5.41, 5.74) is 3.29. The normalized spacial score (nSPS) is 16.4. The molecule has 0 saturated heterocycles. The number of aromatic nitrogens is 3. The number of hydrogen-bond donors (Lipinski definition) is 2. The van der Waals surface area contributed by atoms with Gasteiger partial charge in [0.1, 0.15) is 0 Å². The van der Waals surface area contributed by atoms with Gasteiger partial charge in [0.25, 0.3) is 0 Å². The van der Waals surface area contributed by atoms with Crippen LogP contribution in [0.5, 0.6) is 0 Å². The monoisotopic (exact) mass is 372 g/mol. The summed E-state index contributed by atoms with van der Waals surface area (Å²) in [6.07, 6.45) is 11.3. The SMILES string of the molecule is CSCC[C@@H](CO)Nc1nncc(-c2ccc(C3CCCCC3)cc2)n1. The van der Waals surface area contributed by atoms with Gasteiger partial charge in [-0.25, -0.2) is 4.98 Å². The molecule has 1 aliphatic carbocycles. The highest BCUT2D eigenvalue weighted by atomic mass is 32.2. The maximum absolute atomic E-state index is 9.51. The average molecular weight is 373 g/mol. The van der Waals surface area contributed by atoms with Crippen molar-refractivity contribution in [2.24, 2.45) is 0 Å². The number of aliphatic hydroxyl groups is 1.